The number of carboxylic acid groups (broad SMARTS) is 1. The summed E-state index contributed by atoms with van der Waals surface area (Å²) in [4.78, 5) is 23.3. The minimum Gasteiger partial charge on any atom is -0.478 e. The molecule has 0 atom stereocenters. The number of carboxylic acids is 1. The monoisotopic (exact) mass is 284 g/mol. The Morgan fingerprint density at radius 1 is 1.38 bits per heavy atom. The van der Waals surface area contributed by atoms with E-state index >= 15 is 0 Å². The molecule has 21 heavy (non-hydrogen) atoms. The van der Waals surface area contributed by atoms with Gasteiger partial charge in [-0.15, -0.1) is 0 Å². The summed E-state index contributed by atoms with van der Waals surface area (Å²) in [5.41, 5.74) is -0.141. The van der Waals surface area contributed by atoms with Crippen molar-refractivity contribution < 1.29 is 14.3 Å². The average Bonchev–Trinajstić information content (AvgIpc) is 2.83. The van der Waals surface area contributed by atoms with Crippen LogP contribution in [0.15, 0.2) is 45.7 Å². The summed E-state index contributed by atoms with van der Waals surface area (Å²) in [5.74, 6) is -0.359. The Bertz CT molecular complexity index is 892. The van der Waals surface area contributed by atoms with Gasteiger partial charge in [-0.1, -0.05) is 18.2 Å². The van der Waals surface area contributed by atoms with E-state index in [2.05, 4.69) is 5.10 Å². The molecule has 6 heteroatoms. The normalized spacial score (nSPS) is 10.9. The van der Waals surface area contributed by atoms with Gasteiger partial charge < -0.3 is 9.52 Å². The lowest BCUT2D eigenvalue weighted by Crippen LogP contribution is -2.23. The minimum absolute atomic E-state index is 0.0950. The molecule has 3 aromatic rings. The van der Waals surface area contributed by atoms with E-state index in [1.54, 1.807) is 25.3 Å². The number of furan rings is 1. The number of hydrogen-bond acceptors (Lipinski definition) is 4. The van der Waals surface area contributed by atoms with Crippen LogP contribution in [0.25, 0.3) is 10.8 Å². The number of aromatic carboxylic acids is 1. The van der Waals surface area contributed by atoms with Crippen LogP contribution in [-0.4, -0.2) is 20.9 Å². The summed E-state index contributed by atoms with van der Waals surface area (Å²) in [7, 11) is 0. The van der Waals surface area contributed by atoms with E-state index in [-0.39, 0.29) is 17.7 Å². The highest BCUT2D eigenvalue weighted by Crippen LogP contribution is 2.15. The maximum atomic E-state index is 12.3. The van der Waals surface area contributed by atoms with Crippen molar-refractivity contribution in [3.63, 3.8) is 0 Å². The van der Waals surface area contributed by atoms with Crippen molar-refractivity contribution in [2.24, 2.45) is 0 Å². The molecule has 6 nitrogen and oxygen atoms in total. The summed E-state index contributed by atoms with van der Waals surface area (Å²) in [6.45, 7) is 1.67. The highest BCUT2D eigenvalue weighted by molar-refractivity contribution is 5.88. The molecule has 0 aliphatic heterocycles. The Balaban J connectivity index is 2.02. The number of hydrogen-bond donors (Lipinski definition) is 1. The first kappa shape index (κ1) is 13.1. The molecule has 1 aromatic carbocycles. The fourth-order valence-corrected chi connectivity index (χ4v) is 2.22. The highest BCUT2D eigenvalue weighted by Gasteiger charge is 2.14. The first-order chi connectivity index (χ1) is 10.1. The molecule has 0 bridgehead atoms. The molecule has 2 heterocycles. The molecule has 0 saturated carbocycles. The van der Waals surface area contributed by atoms with E-state index in [4.69, 9.17) is 9.52 Å². The topological polar surface area (TPSA) is 85.3 Å². The van der Waals surface area contributed by atoms with Gasteiger partial charge in [-0.05, 0) is 19.1 Å². The molecule has 2 aromatic heterocycles. The summed E-state index contributed by atoms with van der Waals surface area (Å²) in [6, 6.07) is 8.58. The Morgan fingerprint density at radius 3 is 2.86 bits per heavy atom. The van der Waals surface area contributed by atoms with Crippen LogP contribution in [-0.2, 0) is 6.54 Å². The molecular weight excluding hydrogens is 272 g/mol. The number of benzene rings is 1. The van der Waals surface area contributed by atoms with Crippen molar-refractivity contribution in [3.8, 4) is 0 Å². The lowest BCUT2D eigenvalue weighted by Gasteiger charge is -2.03. The Morgan fingerprint density at radius 2 is 2.14 bits per heavy atom. The Labute approximate surface area is 119 Å². The van der Waals surface area contributed by atoms with Crippen molar-refractivity contribution in [1.82, 2.24) is 9.78 Å². The number of fused-ring (bicyclic) bond motifs is 1. The van der Waals surface area contributed by atoms with Crippen molar-refractivity contribution in [2.75, 3.05) is 0 Å². The number of carbonyl (C=O) groups is 1. The van der Waals surface area contributed by atoms with Crippen LogP contribution >= 0.6 is 0 Å². The zero-order valence-electron chi connectivity index (χ0n) is 11.2. The lowest BCUT2D eigenvalue weighted by molar-refractivity contribution is 0.0695. The van der Waals surface area contributed by atoms with Crippen LogP contribution in [0.1, 0.15) is 21.9 Å². The molecule has 3 rings (SSSR count). The highest BCUT2D eigenvalue weighted by atomic mass is 16.4. The van der Waals surface area contributed by atoms with Gasteiger partial charge in [-0.2, -0.15) is 5.10 Å². The molecule has 0 saturated heterocycles. The second kappa shape index (κ2) is 4.90. The standard InChI is InChI=1S/C15H12N2O4/c1-9-13(15(19)20)6-11(21-9)8-17-14(18)12-5-3-2-4-10(12)7-16-17/h2-7H,8H2,1H3,(H,19,20). The van der Waals surface area contributed by atoms with E-state index in [1.165, 1.54) is 10.7 Å². The van der Waals surface area contributed by atoms with Crippen LogP contribution in [0.2, 0.25) is 0 Å². The van der Waals surface area contributed by atoms with Crippen molar-refractivity contribution in [3.05, 3.63) is 64.0 Å². The van der Waals surface area contributed by atoms with Gasteiger partial charge in [0, 0.05) is 5.39 Å². The van der Waals surface area contributed by atoms with Gasteiger partial charge in [0.15, 0.2) is 0 Å². The first-order valence-electron chi connectivity index (χ1n) is 6.34. The third-order valence-electron chi connectivity index (χ3n) is 3.27. The zero-order chi connectivity index (χ0) is 15.0. The van der Waals surface area contributed by atoms with Crippen molar-refractivity contribution in [1.29, 1.82) is 0 Å². The molecule has 1 N–H and O–H groups in total. The number of aromatic nitrogens is 2. The maximum Gasteiger partial charge on any atom is 0.339 e. The number of aryl methyl sites for hydroxylation is 1. The number of nitrogens with zero attached hydrogens (tertiary/aromatic N) is 2. The third-order valence-corrected chi connectivity index (χ3v) is 3.27. The van der Waals surface area contributed by atoms with E-state index in [1.807, 2.05) is 12.1 Å². The van der Waals surface area contributed by atoms with Gasteiger partial charge in [0.1, 0.15) is 23.6 Å². The van der Waals surface area contributed by atoms with Crippen LogP contribution < -0.4 is 5.56 Å². The molecule has 0 unspecified atom stereocenters. The van der Waals surface area contributed by atoms with E-state index in [0.29, 0.717) is 16.9 Å². The fraction of sp³-hybridized carbons (Fsp3) is 0.133. The lowest BCUT2D eigenvalue weighted by atomic mass is 10.2. The molecule has 0 fully saturated rings. The van der Waals surface area contributed by atoms with Crippen molar-refractivity contribution in [2.45, 2.75) is 13.5 Å². The summed E-state index contributed by atoms with van der Waals surface area (Å²) >= 11 is 0. The molecule has 0 amide bonds. The summed E-state index contributed by atoms with van der Waals surface area (Å²) in [5, 5.41) is 14.4. The van der Waals surface area contributed by atoms with Gasteiger partial charge in [-0.25, -0.2) is 9.48 Å². The minimum atomic E-state index is -1.05. The summed E-state index contributed by atoms with van der Waals surface area (Å²) in [6.07, 6.45) is 1.60. The fourth-order valence-electron chi connectivity index (χ4n) is 2.22. The van der Waals surface area contributed by atoms with E-state index in [0.717, 1.165) is 5.39 Å². The Hall–Kier alpha value is -2.89. The van der Waals surface area contributed by atoms with Crippen LogP contribution in [0.3, 0.4) is 0 Å². The Kier molecular flexibility index (Phi) is 3.06. The average molecular weight is 284 g/mol. The van der Waals surface area contributed by atoms with Crippen molar-refractivity contribution >= 4 is 16.7 Å². The molecular formula is C15H12N2O4. The third kappa shape index (κ3) is 2.31. The van der Waals surface area contributed by atoms with Crippen LogP contribution in [0.4, 0.5) is 0 Å². The molecule has 0 aliphatic carbocycles. The van der Waals surface area contributed by atoms with Gasteiger partial charge in [0.2, 0.25) is 0 Å². The SMILES string of the molecule is Cc1oc(Cn2ncc3ccccc3c2=O)cc1C(=O)O. The van der Waals surface area contributed by atoms with E-state index < -0.39 is 5.97 Å². The van der Waals surface area contributed by atoms with Gasteiger partial charge in [-0.3, -0.25) is 4.79 Å². The molecule has 0 spiro atoms. The van der Waals surface area contributed by atoms with Gasteiger partial charge in [0.25, 0.3) is 5.56 Å². The quantitative estimate of drug-likeness (QED) is 0.795. The van der Waals surface area contributed by atoms with Gasteiger partial charge >= 0.3 is 5.97 Å². The second-order valence-corrected chi connectivity index (χ2v) is 4.68. The summed E-state index contributed by atoms with van der Waals surface area (Å²) < 4.78 is 6.62. The van der Waals surface area contributed by atoms with Gasteiger partial charge in [0.05, 0.1) is 11.6 Å². The largest absolute Gasteiger partial charge is 0.478 e. The first-order valence-corrected chi connectivity index (χ1v) is 6.34. The smallest absolute Gasteiger partial charge is 0.339 e. The van der Waals surface area contributed by atoms with Crippen LogP contribution in [0, 0.1) is 6.92 Å². The van der Waals surface area contributed by atoms with Crippen LogP contribution in [0.5, 0.6) is 0 Å². The maximum absolute atomic E-state index is 12.3. The second-order valence-electron chi connectivity index (χ2n) is 4.68. The number of rotatable bonds is 3. The van der Waals surface area contributed by atoms with E-state index in [9.17, 15) is 9.59 Å². The predicted octanol–water partition coefficient (Wildman–Crippen LogP) is 2.04. The predicted molar refractivity (Wildman–Crippen MR) is 75.5 cm³/mol. The molecule has 0 aliphatic rings. The molecule has 0 radical (unpaired) electrons. The molecule has 106 valence electrons. The zero-order valence-corrected chi connectivity index (χ0v) is 11.2.